The monoisotopic (exact) mass is 673 g/mol. The number of aromatic nitrogens is 2. The van der Waals surface area contributed by atoms with Crippen molar-refractivity contribution < 1.29 is 80.3 Å². The summed E-state index contributed by atoms with van der Waals surface area (Å²) < 4.78 is 16.9. The fourth-order valence-electron chi connectivity index (χ4n) is 4.56. The molecule has 1 aromatic rings. The van der Waals surface area contributed by atoms with Crippen LogP contribution in [0.3, 0.4) is 0 Å². The van der Waals surface area contributed by atoms with Gasteiger partial charge in [0.15, 0.2) is 12.1 Å². The predicted molar refractivity (Wildman–Crippen MR) is 180 cm³/mol. The maximum atomic E-state index is 13.7. The second kappa shape index (κ2) is 26.4. The van der Waals surface area contributed by atoms with Crippen molar-refractivity contribution in [1.82, 2.24) is 20.8 Å². The van der Waals surface area contributed by atoms with Crippen LogP contribution in [0.15, 0.2) is 36.0 Å². The minimum atomic E-state index is -0.573. The van der Waals surface area contributed by atoms with Gasteiger partial charge in [0.2, 0.25) is 0 Å². The van der Waals surface area contributed by atoms with Crippen LogP contribution in [0.2, 0.25) is 0 Å². The number of aromatic amines is 1. The van der Waals surface area contributed by atoms with Crippen molar-refractivity contribution in [2.24, 2.45) is 5.92 Å². The summed E-state index contributed by atoms with van der Waals surface area (Å²) in [5.41, 5.74) is 1.82. The Balaban J connectivity index is 0. The molecule has 0 saturated carbocycles. The van der Waals surface area contributed by atoms with Crippen LogP contribution in [0, 0.1) is 5.92 Å². The molecule has 1 aliphatic rings. The maximum Gasteiger partial charge on any atom is 1.00 e. The van der Waals surface area contributed by atoms with E-state index in [0.717, 1.165) is 19.1 Å². The molecule has 0 fully saturated rings. The van der Waals surface area contributed by atoms with Crippen molar-refractivity contribution in [2.75, 3.05) is 44.9 Å². The quantitative estimate of drug-likeness (QED) is 0.179. The molecule has 0 bridgehead atoms. The van der Waals surface area contributed by atoms with Crippen LogP contribution in [0.5, 0.6) is 0 Å². The van der Waals surface area contributed by atoms with Crippen molar-refractivity contribution in [3.63, 3.8) is 0 Å². The molecule has 1 aliphatic carbocycles. The van der Waals surface area contributed by atoms with E-state index < -0.39 is 18.0 Å². The van der Waals surface area contributed by atoms with Gasteiger partial charge in [-0.15, -0.1) is 0 Å². The Morgan fingerprint density at radius 3 is 2.22 bits per heavy atom. The average molecular weight is 674 g/mol. The van der Waals surface area contributed by atoms with Crippen LogP contribution >= 0.6 is 0 Å². The van der Waals surface area contributed by atoms with E-state index in [4.69, 9.17) is 19.3 Å². The third-order valence-electron chi connectivity index (χ3n) is 6.56. The second-order valence-corrected chi connectivity index (χ2v) is 11.1. The third kappa shape index (κ3) is 17.1. The van der Waals surface area contributed by atoms with E-state index in [1.54, 1.807) is 0 Å². The van der Waals surface area contributed by atoms with Gasteiger partial charge in [-0.1, -0.05) is 70.6 Å². The van der Waals surface area contributed by atoms with Gasteiger partial charge < -0.3 is 34.9 Å². The number of amides is 2. The molecular formula is C34H60KN5O6. The summed E-state index contributed by atoms with van der Waals surface area (Å²) in [5, 5.41) is 21.9. The number of carbonyl (C=O) groups is 2. The molecule has 11 nitrogen and oxygen atoms in total. The number of nitrogens with zero attached hydrogens (tertiary/aromatic N) is 2. The second-order valence-electron chi connectivity index (χ2n) is 11.1. The molecule has 3 N–H and O–H groups in total. The number of anilines is 1. The maximum absolute atomic E-state index is 13.7. The summed E-state index contributed by atoms with van der Waals surface area (Å²) in [4.78, 5) is 28.1. The molecule has 0 aliphatic heterocycles. The number of H-pyrrole nitrogens is 1. The zero-order valence-electron chi connectivity index (χ0n) is 30.6. The topological polar surface area (TPSA) is 141 Å². The van der Waals surface area contributed by atoms with Crippen LogP contribution in [0.4, 0.5) is 10.6 Å². The first-order valence-corrected chi connectivity index (χ1v) is 16.3. The first-order chi connectivity index (χ1) is 21.5. The summed E-state index contributed by atoms with van der Waals surface area (Å²) in [5.74, 6) is 0.639. The Bertz CT molecular complexity index is 1060. The summed E-state index contributed by atoms with van der Waals surface area (Å²) in [6, 6.07) is -0.325. The Labute approximate surface area is 320 Å². The van der Waals surface area contributed by atoms with E-state index in [2.05, 4.69) is 51.7 Å². The van der Waals surface area contributed by atoms with Crippen molar-refractivity contribution in [3.8, 4) is 0 Å². The van der Waals surface area contributed by atoms with Gasteiger partial charge in [0.1, 0.15) is 11.3 Å². The minimum absolute atomic E-state index is 0. The molecule has 46 heavy (non-hydrogen) atoms. The molecule has 2 amide bonds. The van der Waals surface area contributed by atoms with E-state index >= 15 is 0 Å². The largest absolute Gasteiger partial charge is 1.00 e. The molecule has 258 valence electrons. The summed E-state index contributed by atoms with van der Waals surface area (Å²) >= 11 is 0. The number of ether oxygens (including phenoxy) is 3. The van der Waals surface area contributed by atoms with Crippen LogP contribution < -0.4 is 72.0 Å². The Kier molecular flexibility index (Phi) is 26.8. The van der Waals surface area contributed by atoms with Crippen molar-refractivity contribution in [3.05, 3.63) is 47.2 Å². The van der Waals surface area contributed by atoms with E-state index in [-0.39, 0.29) is 69.3 Å². The standard InChI is InChI=1S/C31H51N5O5.C2H6.CH3O.K/c1-9-19-36(20-18-32-30(38)41-31(6,7)8)27-24(21-23-17-15-13-14-16-22(23)5)26(34-35-27)28(37)33-25(10-2)29(39-11-3)40-12-4;2*1-2;/h13-17,22,25,29H,9-12,18-21H2,1-8H3,(H,32,38)(H,33,37)(H,34,35);1-2H3;1H3;/q;;-1;+1. The van der Waals surface area contributed by atoms with E-state index in [1.165, 1.54) is 5.57 Å². The molecule has 12 heteroatoms. The molecule has 1 heterocycles. The molecule has 0 aromatic carbocycles. The zero-order chi connectivity index (χ0) is 34.4. The van der Waals surface area contributed by atoms with Gasteiger partial charge in [-0.3, -0.25) is 9.89 Å². The van der Waals surface area contributed by atoms with Gasteiger partial charge in [-0.2, -0.15) is 12.2 Å². The molecule has 0 radical (unpaired) electrons. The number of nitrogens with one attached hydrogen (secondary N) is 3. The molecule has 0 spiro atoms. The minimum Gasteiger partial charge on any atom is -0.857 e. The zero-order valence-corrected chi connectivity index (χ0v) is 33.7. The Morgan fingerprint density at radius 2 is 1.67 bits per heavy atom. The van der Waals surface area contributed by atoms with E-state index in [9.17, 15) is 9.59 Å². The number of hydrogen-bond acceptors (Lipinski definition) is 8. The number of hydrogen-bond donors (Lipinski definition) is 3. The summed E-state index contributed by atoms with van der Waals surface area (Å²) in [6.07, 6.45) is 11.4. The third-order valence-corrected chi connectivity index (χ3v) is 6.56. The number of rotatable bonds is 16. The fourth-order valence-corrected chi connectivity index (χ4v) is 4.56. The van der Waals surface area contributed by atoms with E-state index in [1.807, 2.05) is 73.6 Å². The van der Waals surface area contributed by atoms with Gasteiger partial charge >= 0.3 is 57.5 Å². The Morgan fingerprint density at radius 1 is 1.04 bits per heavy atom. The van der Waals surface area contributed by atoms with E-state index in [0.29, 0.717) is 57.2 Å². The number of carbonyl (C=O) groups excluding carboxylic acids is 2. The van der Waals surface area contributed by atoms with Gasteiger partial charge in [0.25, 0.3) is 5.91 Å². The SMILES string of the molecule is CC.CCCN(CCNC(=O)OC(C)(C)C)c1n[nH]c(C(=O)NC(CC)C(OCC)OCC)c1CC1=CC=CC=CC1C.C[O-].[K+]. The molecule has 2 atom stereocenters. The van der Waals surface area contributed by atoms with Gasteiger partial charge in [-0.25, -0.2) is 4.79 Å². The summed E-state index contributed by atoms with van der Waals surface area (Å²) in [6.45, 7) is 22.1. The van der Waals surface area contributed by atoms with Crippen LogP contribution in [-0.2, 0) is 20.6 Å². The normalized spacial score (nSPS) is 14.4. The number of alkyl carbamates (subject to hydrolysis) is 1. The molecule has 1 aromatic heterocycles. The molecule has 2 unspecified atom stereocenters. The van der Waals surface area contributed by atoms with Gasteiger partial charge in [-0.05, 0) is 53.4 Å². The average Bonchev–Trinajstić information content (AvgIpc) is 3.31. The summed E-state index contributed by atoms with van der Waals surface area (Å²) in [7, 11) is 0.750. The van der Waals surface area contributed by atoms with Gasteiger partial charge in [0, 0.05) is 44.8 Å². The fraction of sp³-hybridized carbons (Fsp3) is 0.676. The van der Waals surface area contributed by atoms with Crippen LogP contribution in [0.25, 0.3) is 0 Å². The number of allylic oxidation sites excluding steroid dienone is 6. The molecular weight excluding hydrogens is 614 g/mol. The van der Waals surface area contributed by atoms with Crippen LogP contribution in [0.1, 0.15) is 98.1 Å². The van der Waals surface area contributed by atoms with Crippen molar-refractivity contribution in [1.29, 1.82) is 0 Å². The molecule has 0 saturated heterocycles. The first-order valence-electron chi connectivity index (χ1n) is 16.3. The predicted octanol–water partition coefficient (Wildman–Crippen LogP) is 2.30. The van der Waals surface area contributed by atoms with Gasteiger partial charge in [0.05, 0.1) is 6.04 Å². The van der Waals surface area contributed by atoms with Crippen LogP contribution in [-0.4, -0.2) is 80.1 Å². The first kappa shape index (κ1) is 46.6. The molecule has 2 rings (SSSR count). The smallest absolute Gasteiger partial charge is 0.857 e. The van der Waals surface area contributed by atoms with Crippen molar-refractivity contribution in [2.45, 2.75) is 106 Å². The van der Waals surface area contributed by atoms with Crippen molar-refractivity contribution >= 4 is 17.8 Å². The Hall–Kier alpha value is -1.51.